The lowest BCUT2D eigenvalue weighted by Gasteiger charge is -2.19. The van der Waals surface area contributed by atoms with E-state index in [9.17, 15) is 10.1 Å². The Morgan fingerprint density at radius 1 is 0.889 bits per heavy atom. The van der Waals surface area contributed by atoms with E-state index < -0.39 is 4.92 Å². The fraction of sp³-hybridized carbons (Fsp3) is 0.0741. The van der Waals surface area contributed by atoms with Crippen LogP contribution >= 0.6 is 0 Å². The zero-order valence-electron chi connectivity index (χ0n) is 19.2. The molecular formula is C27H23N7O2. The maximum atomic E-state index is 11.2. The Morgan fingerprint density at radius 3 is 2.31 bits per heavy atom. The summed E-state index contributed by atoms with van der Waals surface area (Å²) in [5, 5.41) is 12.2. The van der Waals surface area contributed by atoms with Crippen LogP contribution in [0, 0.1) is 10.1 Å². The maximum Gasteiger partial charge on any atom is 0.269 e. The van der Waals surface area contributed by atoms with Crippen LogP contribution < -0.4 is 17.2 Å². The number of fused-ring (bicyclic) bond motifs is 4. The Labute approximate surface area is 205 Å². The Morgan fingerprint density at radius 2 is 1.58 bits per heavy atom. The van der Waals surface area contributed by atoms with Gasteiger partial charge in [-0.3, -0.25) is 14.5 Å². The number of benzene rings is 3. The topological polar surface area (TPSA) is 154 Å². The average molecular weight is 478 g/mol. The van der Waals surface area contributed by atoms with Crippen LogP contribution in [0.4, 0.5) is 11.5 Å². The van der Waals surface area contributed by atoms with Crippen LogP contribution in [0.5, 0.6) is 0 Å². The number of non-ortho nitro benzene ring substituents is 1. The lowest BCUT2D eigenvalue weighted by molar-refractivity contribution is -0.384. The van der Waals surface area contributed by atoms with Gasteiger partial charge in [-0.15, -0.1) is 0 Å². The number of hydrogen-bond donors (Lipinski definition) is 4. The minimum atomic E-state index is -0.410. The summed E-state index contributed by atoms with van der Waals surface area (Å²) in [6, 6.07) is 22.2. The predicted octanol–water partition coefficient (Wildman–Crippen LogP) is 4.71. The molecule has 0 aliphatic heterocycles. The zero-order chi connectivity index (χ0) is 25.0. The van der Waals surface area contributed by atoms with Gasteiger partial charge in [-0.1, -0.05) is 30.3 Å². The molecule has 0 radical (unpaired) electrons. The van der Waals surface area contributed by atoms with Crippen LogP contribution in [-0.4, -0.2) is 19.3 Å². The average Bonchev–Trinajstić information content (AvgIpc) is 3.47. The van der Waals surface area contributed by atoms with Crippen molar-refractivity contribution in [2.45, 2.75) is 13.1 Å². The van der Waals surface area contributed by atoms with Crippen LogP contribution in [0.15, 0.2) is 72.8 Å². The Kier molecular flexibility index (Phi) is 4.96. The van der Waals surface area contributed by atoms with Gasteiger partial charge in [0, 0.05) is 58.4 Å². The summed E-state index contributed by atoms with van der Waals surface area (Å²) in [6.07, 6.45) is 0. The van der Waals surface area contributed by atoms with E-state index in [-0.39, 0.29) is 18.8 Å². The molecule has 36 heavy (non-hydrogen) atoms. The smallest absolute Gasteiger partial charge is 0.269 e. The SMILES string of the molecule is NCc1c(-c2c(-c3ccc([N+](=O)[O-])cc3)[nH]c3ccccc23)c(CN)c2nc3ccccc3n2c1N. The third-order valence-corrected chi connectivity index (χ3v) is 6.72. The first-order valence-corrected chi connectivity index (χ1v) is 11.5. The summed E-state index contributed by atoms with van der Waals surface area (Å²) in [5.74, 6) is 0.508. The number of nitro benzene ring substituents is 1. The molecule has 0 aliphatic carbocycles. The number of aromatic nitrogens is 3. The van der Waals surface area contributed by atoms with E-state index in [0.29, 0.717) is 11.5 Å². The van der Waals surface area contributed by atoms with Gasteiger partial charge in [-0.25, -0.2) is 4.98 Å². The number of H-pyrrole nitrogens is 1. The molecule has 0 unspecified atom stereocenters. The van der Waals surface area contributed by atoms with E-state index in [1.165, 1.54) is 12.1 Å². The fourth-order valence-corrected chi connectivity index (χ4v) is 5.10. The second kappa shape index (κ2) is 8.19. The molecular weight excluding hydrogens is 454 g/mol. The molecule has 3 aromatic carbocycles. The monoisotopic (exact) mass is 477 g/mol. The van der Waals surface area contributed by atoms with Crippen molar-refractivity contribution in [2.24, 2.45) is 11.5 Å². The molecule has 0 spiro atoms. The largest absolute Gasteiger partial charge is 0.384 e. The van der Waals surface area contributed by atoms with Gasteiger partial charge in [0.25, 0.3) is 5.69 Å². The highest BCUT2D eigenvalue weighted by Gasteiger charge is 2.26. The molecule has 0 aliphatic rings. The van der Waals surface area contributed by atoms with Crippen molar-refractivity contribution in [1.82, 2.24) is 14.4 Å². The first-order chi connectivity index (χ1) is 17.5. The molecule has 7 N–H and O–H groups in total. The summed E-state index contributed by atoms with van der Waals surface area (Å²) < 4.78 is 1.92. The zero-order valence-corrected chi connectivity index (χ0v) is 19.2. The lowest BCUT2D eigenvalue weighted by atomic mass is 9.91. The van der Waals surface area contributed by atoms with E-state index in [2.05, 4.69) is 4.98 Å². The minimum absolute atomic E-state index is 0.0245. The Balaban J connectivity index is 1.76. The number of hydrogen-bond acceptors (Lipinski definition) is 6. The summed E-state index contributed by atoms with van der Waals surface area (Å²) in [5.41, 5.74) is 27.7. The van der Waals surface area contributed by atoms with Crippen LogP contribution in [0.3, 0.4) is 0 Å². The third-order valence-electron chi connectivity index (χ3n) is 6.72. The van der Waals surface area contributed by atoms with Crippen LogP contribution in [0.25, 0.3) is 50.0 Å². The highest BCUT2D eigenvalue weighted by atomic mass is 16.6. The fourth-order valence-electron chi connectivity index (χ4n) is 5.10. The van der Waals surface area contributed by atoms with Gasteiger partial charge >= 0.3 is 0 Å². The highest BCUT2D eigenvalue weighted by Crippen LogP contribution is 2.44. The molecule has 3 heterocycles. The molecule has 0 fully saturated rings. The van der Waals surface area contributed by atoms with Gasteiger partial charge in [0.1, 0.15) is 11.5 Å². The number of anilines is 1. The summed E-state index contributed by atoms with van der Waals surface area (Å²) in [6.45, 7) is 0.407. The van der Waals surface area contributed by atoms with Crippen LogP contribution in [0.1, 0.15) is 11.1 Å². The van der Waals surface area contributed by atoms with Crippen molar-refractivity contribution < 1.29 is 4.92 Å². The van der Waals surface area contributed by atoms with Gasteiger partial charge in [0.2, 0.25) is 0 Å². The lowest BCUT2D eigenvalue weighted by Crippen LogP contribution is -2.14. The van der Waals surface area contributed by atoms with E-state index in [1.54, 1.807) is 12.1 Å². The van der Waals surface area contributed by atoms with E-state index in [4.69, 9.17) is 22.2 Å². The molecule has 0 saturated carbocycles. The van der Waals surface area contributed by atoms with Crippen molar-refractivity contribution in [3.8, 4) is 22.4 Å². The first kappa shape index (κ1) is 21.8. The normalized spacial score (nSPS) is 11.6. The number of aromatic amines is 1. The van der Waals surface area contributed by atoms with Gasteiger partial charge in [-0.05, 0) is 35.9 Å². The molecule has 6 rings (SSSR count). The summed E-state index contributed by atoms with van der Waals surface area (Å²) in [4.78, 5) is 19.2. The molecule has 9 nitrogen and oxygen atoms in total. The highest BCUT2D eigenvalue weighted by molar-refractivity contribution is 6.07. The van der Waals surface area contributed by atoms with Crippen molar-refractivity contribution in [1.29, 1.82) is 0 Å². The third kappa shape index (κ3) is 3.07. The number of nitro groups is 1. The summed E-state index contributed by atoms with van der Waals surface area (Å²) >= 11 is 0. The number of nitrogens with zero attached hydrogens (tertiary/aromatic N) is 3. The van der Waals surface area contributed by atoms with Gasteiger partial charge < -0.3 is 22.2 Å². The predicted molar refractivity (Wildman–Crippen MR) is 142 cm³/mol. The van der Waals surface area contributed by atoms with Crippen LogP contribution in [0.2, 0.25) is 0 Å². The number of para-hydroxylation sites is 3. The maximum absolute atomic E-state index is 11.2. The Hall–Kier alpha value is -4.73. The molecule has 9 heteroatoms. The molecule has 3 aromatic heterocycles. The van der Waals surface area contributed by atoms with Gasteiger partial charge in [0.15, 0.2) is 0 Å². The van der Waals surface area contributed by atoms with Gasteiger partial charge in [0.05, 0.1) is 21.7 Å². The molecule has 0 saturated heterocycles. The van der Waals surface area contributed by atoms with Crippen molar-refractivity contribution in [3.05, 3.63) is 94.0 Å². The molecule has 0 atom stereocenters. The van der Waals surface area contributed by atoms with Crippen molar-refractivity contribution in [3.63, 3.8) is 0 Å². The molecule has 178 valence electrons. The standard InChI is InChI=1S/C27H23N7O2/c28-13-18-23(19(14-29)27-32-21-7-3-4-8-22(21)33(27)26(18)30)24-17-5-1-2-6-20(17)31-25(24)15-9-11-16(12-10-15)34(35)36/h1-12,31H,13-14,28-30H2. The molecule has 0 bridgehead atoms. The first-order valence-electron chi connectivity index (χ1n) is 11.5. The van der Waals surface area contributed by atoms with Crippen LogP contribution in [-0.2, 0) is 13.1 Å². The number of nitrogens with two attached hydrogens (primary N) is 3. The second-order valence-electron chi connectivity index (χ2n) is 8.61. The second-order valence-corrected chi connectivity index (χ2v) is 8.61. The van der Waals surface area contributed by atoms with Crippen molar-refractivity contribution in [2.75, 3.05) is 5.73 Å². The number of pyridine rings is 1. The van der Waals surface area contributed by atoms with E-state index in [1.807, 2.05) is 52.9 Å². The van der Waals surface area contributed by atoms with E-state index in [0.717, 1.165) is 55.4 Å². The summed E-state index contributed by atoms with van der Waals surface area (Å²) in [7, 11) is 0. The number of imidazole rings is 1. The quantitative estimate of drug-likeness (QED) is 0.208. The number of nitrogen functional groups attached to an aromatic ring is 1. The molecule has 0 amide bonds. The number of nitrogens with one attached hydrogen (secondary N) is 1. The molecule has 6 aromatic rings. The van der Waals surface area contributed by atoms with E-state index >= 15 is 0 Å². The Bertz CT molecular complexity index is 1800. The number of rotatable bonds is 5. The van der Waals surface area contributed by atoms with Gasteiger partial charge in [-0.2, -0.15) is 0 Å². The minimum Gasteiger partial charge on any atom is -0.384 e. The van der Waals surface area contributed by atoms with Crippen molar-refractivity contribution >= 4 is 39.1 Å².